The number of ether oxygens (including phenoxy) is 1. The summed E-state index contributed by atoms with van der Waals surface area (Å²) in [7, 11) is 0. The fourth-order valence-electron chi connectivity index (χ4n) is 8.07. The van der Waals surface area contributed by atoms with Gasteiger partial charge in [0.1, 0.15) is 5.75 Å². The lowest BCUT2D eigenvalue weighted by Crippen LogP contribution is -2.42. The number of thioether (sulfide) groups is 1. The van der Waals surface area contributed by atoms with Crippen molar-refractivity contribution >= 4 is 68.1 Å². The van der Waals surface area contributed by atoms with E-state index in [1.807, 2.05) is 79.7 Å². The first-order valence-electron chi connectivity index (χ1n) is 14.9. The van der Waals surface area contributed by atoms with Crippen molar-refractivity contribution < 1.29 is 19.1 Å². The molecule has 2 N–H and O–H groups in total. The summed E-state index contributed by atoms with van der Waals surface area (Å²) in [6, 6.07) is 22.5. The molecule has 3 fully saturated rings. The molecule has 3 heterocycles. The van der Waals surface area contributed by atoms with Gasteiger partial charge in [-0.15, -0.1) is 11.8 Å². The first kappa shape index (κ1) is 28.8. The van der Waals surface area contributed by atoms with E-state index < -0.39 is 5.92 Å². The van der Waals surface area contributed by atoms with Crippen LogP contribution in [0.15, 0.2) is 87.1 Å². The number of carbonyl (C=O) groups excluding carboxylic acids is 3. The molecule has 0 spiro atoms. The topological polar surface area (TPSA) is 109 Å². The number of aromatic amines is 1. The number of amides is 3. The summed E-state index contributed by atoms with van der Waals surface area (Å²) in [4.78, 5) is 58.7. The van der Waals surface area contributed by atoms with Gasteiger partial charge >= 0.3 is 4.87 Å². The van der Waals surface area contributed by atoms with E-state index in [1.54, 1.807) is 11.8 Å². The van der Waals surface area contributed by atoms with E-state index in [-0.39, 0.29) is 64.0 Å². The maximum absolute atomic E-state index is 14.0. The highest BCUT2D eigenvalue weighted by atomic mass is 79.9. The SMILES string of the molecule is Cc1ccc(NC(=O)COc2ccc(Br)cc2[C@@H]2c3sc(=O)[nH]c3S[C@@H]3[C@@H]4C[C@@H]([C@@H]5C(=O)N(c6ccccc6)C(=O)[C@@H]45)[C@H]23)cc1. The minimum Gasteiger partial charge on any atom is -0.483 e. The summed E-state index contributed by atoms with van der Waals surface area (Å²) in [5, 5.41) is 3.75. The number of nitrogens with one attached hydrogen (secondary N) is 2. The molecular formula is C34H28BrN3O5S2. The van der Waals surface area contributed by atoms with Gasteiger partial charge in [0.15, 0.2) is 6.61 Å². The molecule has 8 rings (SSSR count). The Bertz CT molecular complexity index is 1910. The molecule has 4 aliphatic rings. The molecule has 11 heteroatoms. The molecule has 2 saturated carbocycles. The van der Waals surface area contributed by atoms with Crippen LogP contribution in [0.2, 0.25) is 0 Å². The van der Waals surface area contributed by atoms with Gasteiger partial charge in [0.05, 0.1) is 22.5 Å². The van der Waals surface area contributed by atoms with Gasteiger partial charge in [-0.05, 0) is 73.6 Å². The highest BCUT2D eigenvalue weighted by molar-refractivity contribution is 9.10. The number of carbonyl (C=O) groups is 3. The minimum atomic E-state index is -0.402. The van der Waals surface area contributed by atoms with Crippen LogP contribution >= 0.6 is 39.0 Å². The Morgan fingerprint density at radius 2 is 1.73 bits per heavy atom. The van der Waals surface area contributed by atoms with Crippen LogP contribution in [0.4, 0.5) is 11.4 Å². The maximum atomic E-state index is 14.0. The van der Waals surface area contributed by atoms with Gasteiger partial charge in [-0.1, -0.05) is 63.2 Å². The van der Waals surface area contributed by atoms with Crippen molar-refractivity contribution in [2.45, 2.75) is 29.5 Å². The quantitative estimate of drug-likeness (QED) is 0.232. The van der Waals surface area contributed by atoms with Gasteiger partial charge in [0.25, 0.3) is 5.91 Å². The number of H-pyrrole nitrogens is 1. The molecule has 3 amide bonds. The average molecular weight is 703 g/mol. The Labute approximate surface area is 275 Å². The smallest absolute Gasteiger partial charge is 0.305 e. The highest BCUT2D eigenvalue weighted by Crippen LogP contribution is 2.69. The van der Waals surface area contributed by atoms with Gasteiger partial charge in [-0.25, -0.2) is 0 Å². The zero-order valence-corrected chi connectivity index (χ0v) is 27.3. The number of para-hydroxylation sites is 1. The summed E-state index contributed by atoms with van der Waals surface area (Å²) in [6.07, 6.45) is 0.788. The zero-order chi connectivity index (χ0) is 31.0. The Morgan fingerprint density at radius 3 is 2.49 bits per heavy atom. The third-order valence-corrected chi connectivity index (χ3v) is 12.8. The number of nitrogens with zero attached hydrogens (tertiary/aromatic N) is 1. The molecule has 8 nitrogen and oxygen atoms in total. The number of aromatic nitrogens is 1. The van der Waals surface area contributed by atoms with E-state index in [1.165, 1.54) is 16.2 Å². The van der Waals surface area contributed by atoms with Crippen LogP contribution in [0.25, 0.3) is 0 Å². The number of anilines is 2. The highest BCUT2D eigenvalue weighted by Gasteiger charge is 2.69. The van der Waals surface area contributed by atoms with Gasteiger partial charge in [0, 0.05) is 31.8 Å². The predicted molar refractivity (Wildman–Crippen MR) is 177 cm³/mol. The second-order valence-corrected chi connectivity index (χ2v) is 15.3. The number of aryl methyl sites for hydroxylation is 1. The summed E-state index contributed by atoms with van der Waals surface area (Å²) in [5.74, 6) is -1.00. The molecule has 7 atom stereocenters. The van der Waals surface area contributed by atoms with Crippen molar-refractivity contribution in [3.05, 3.63) is 103 Å². The van der Waals surface area contributed by atoms with Crippen LogP contribution in [0.1, 0.15) is 28.3 Å². The van der Waals surface area contributed by atoms with Crippen LogP contribution in [0.3, 0.4) is 0 Å². The van der Waals surface area contributed by atoms with Crippen molar-refractivity contribution in [1.82, 2.24) is 4.98 Å². The summed E-state index contributed by atoms with van der Waals surface area (Å²) in [6.45, 7) is 1.80. The first-order valence-corrected chi connectivity index (χ1v) is 17.4. The molecule has 228 valence electrons. The van der Waals surface area contributed by atoms with E-state index in [4.69, 9.17) is 4.74 Å². The fraction of sp³-hybridized carbons (Fsp3) is 0.294. The third-order valence-electron chi connectivity index (χ3n) is 9.74. The minimum absolute atomic E-state index is 0.00529. The standard InChI is InChI=1S/C34H28BrN3O5S2/c1-16-7-10-18(11-8-16)36-24(39)15-43-23-12-9-17(35)13-20(23)25-26-21-14-22(29(26)44-31-30(25)45-34(42)37-31)28-27(21)32(40)38(33(28)41)19-5-3-2-4-6-19/h2-13,21-22,25-29H,14-15H2,1H3,(H,36,39)(H,37,42)/t21-,22-,25+,26-,27+,28+,29-/m1/s1. The van der Waals surface area contributed by atoms with E-state index >= 15 is 0 Å². The molecule has 0 unspecified atom stereocenters. The fourth-order valence-corrected chi connectivity index (χ4v) is 11.3. The number of hydrogen-bond donors (Lipinski definition) is 2. The van der Waals surface area contributed by atoms with E-state index in [0.29, 0.717) is 17.1 Å². The summed E-state index contributed by atoms with van der Waals surface area (Å²) >= 11 is 6.47. The van der Waals surface area contributed by atoms with Crippen LogP contribution < -0.4 is 19.8 Å². The lowest BCUT2D eigenvalue weighted by molar-refractivity contribution is -0.123. The Hall–Kier alpha value is -3.67. The molecule has 2 aliphatic carbocycles. The third kappa shape index (κ3) is 4.70. The number of rotatable bonds is 6. The lowest BCUT2D eigenvalue weighted by Gasteiger charge is -2.43. The number of imide groups is 1. The number of hydrogen-bond acceptors (Lipinski definition) is 7. The van der Waals surface area contributed by atoms with Crippen molar-refractivity contribution in [1.29, 1.82) is 0 Å². The van der Waals surface area contributed by atoms with Gasteiger partial charge < -0.3 is 15.0 Å². The van der Waals surface area contributed by atoms with E-state index in [2.05, 4.69) is 26.2 Å². The number of benzene rings is 3. The maximum Gasteiger partial charge on any atom is 0.305 e. The Balaban J connectivity index is 1.14. The molecule has 1 saturated heterocycles. The van der Waals surface area contributed by atoms with Crippen molar-refractivity contribution in [3.8, 4) is 5.75 Å². The molecular weight excluding hydrogens is 674 g/mol. The van der Waals surface area contributed by atoms with E-state index in [0.717, 1.165) is 31.9 Å². The van der Waals surface area contributed by atoms with E-state index in [9.17, 15) is 19.2 Å². The van der Waals surface area contributed by atoms with Crippen LogP contribution in [0, 0.1) is 36.5 Å². The summed E-state index contributed by atoms with van der Waals surface area (Å²) in [5.41, 5.74) is 3.27. The Kier molecular flexibility index (Phi) is 7.03. The monoisotopic (exact) mass is 701 g/mol. The number of thiazole rings is 1. The molecule has 2 bridgehead atoms. The molecule has 2 aliphatic heterocycles. The second-order valence-electron chi connectivity index (χ2n) is 12.2. The molecule has 45 heavy (non-hydrogen) atoms. The Morgan fingerprint density at radius 1 is 1.00 bits per heavy atom. The van der Waals surface area contributed by atoms with Crippen molar-refractivity contribution in [2.75, 3.05) is 16.8 Å². The van der Waals surface area contributed by atoms with Gasteiger partial charge in [0.2, 0.25) is 11.8 Å². The molecule has 3 aromatic carbocycles. The van der Waals surface area contributed by atoms with Gasteiger partial charge in [-0.3, -0.25) is 24.1 Å². The first-order chi connectivity index (χ1) is 21.8. The summed E-state index contributed by atoms with van der Waals surface area (Å²) < 4.78 is 7.04. The number of halogens is 1. The predicted octanol–water partition coefficient (Wildman–Crippen LogP) is 6.20. The van der Waals surface area contributed by atoms with Crippen LogP contribution in [-0.2, 0) is 14.4 Å². The van der Waals surface area contributed by atoms with Crippen LogP contribution in [0.5, 0.6) is 5.75 Å². The average Bonchev–Trinajstić information content (AvgIpc) is 3.77. The van der Waals surface area contributed by atoms with Crippen LogP contribution in [-0.4, -0.2) is 34.6 Å². The zero-order valence-electron chi connectivity index (χ0n) is 24.1. The molecule has 4 aromatic rings. The van der Waals surface area contributed by atoms with Gasteiger partial charge in [-0.2, -0.15) is 0 Å². The normalized spacial score (nSPS) is 27.7. The lowest BCUT2D eigenvalue weighted by atomic mass is 9.68. The largest absolute Gasteiger partial charge is 0.483 e. The molecule has 1 aromatic heterocycles. The second kappa shape index (κ2) is 11.0. The number of fused-ring (bicyclic) bond motifs is 9. The van der Waals surface area contributed by atoms with Crippen molar-refractivity contribution in [3.63, 3.8) is 0 Å². The van der Waals surface area contributed by atoms with Crippen molar-refractivity contribution in [2.24, 2.45) is 29.6 Å². The molecule has 0 radical (unpaired) electrons.